The van der Waals surface area contributed by atoms with Crippen LogP contribution in [0.3, 0.4) is 0 Å². The van der Waals surface area contributed by atoms with E-state index in [9.17, 15) is 0 Å². The van der Waals surface area contributed by atoms with Crippen molar-refractivity contribution < 1.29 is 0 Å². The molecule has 0 atom stereocenters. The number of rotatable bonds is 1. The molecule has 3 N–H and O–H groups in total. The van der Waals surface area contributed by atoms with E-state index >= 15 is 0 Å². The van der Waals surface area contributed by atoms with Crippen LogP contribution >= 0.6 is 24.2 Å². The normalized spacial score (nSPS) is 5.88. The predicted molar refractivity (Wildman–Crippen MR) is 40.3 cm³/mol. The molecule has 3 nitrogen and oxygen atoms in total. The molecule has 0 heterocycles. The van der Waals surface area contributed by atoms with E-state index in [1.165, 1.54) is 0 Å². The topological polar surface area (TPSA) is 61.8 Å². The first-order chi connectivity index (χ1) is 3.27. The number of thiocyanates is 1. The van der Waals surface area contributed by atoms with Crippen LogP contribution in [0.4, 0.5) is 0 Å². The molecule has 0 saturated carbocycles. The fourth-order valence-corrected chi connectivity index (χ4v) is 0.344. The molecule has 0 spiro atoms. The van der Waals surface area contributed by atoms with Gasteiger partial charge in [-0.05, 0) is 12.2 Å². The molecule has 0 bridgehead atoms. The molecule has 0 saturated heterocycles. The third-order valence-corrected chi connectivity index (χ3v) is 0.842. The molecule has 0 aromatic rings. The SMILES string of the molecule is N#CSNC(N)=S.[KH]. The van der Waals surface area contributed by atoms with Crippen molar-refractivity contribution in [2.24, 2.45) is 5.73 Å². The molecule has 0 aromatic heterocycles. The summed E-state index contributed by atoms with van der Waals surface area (Å²) in [6, 6.07) is 0. The van der Waals surface area contributed by atoms with E-state index in [4.69, 9.17) is 11.0 Å². The number of nitriles is 1. The predicted octanol–water partition coefficient (Wildman–Crippen LogP) is -0.700. The van der Waals surface area contributed by atoms with Crippen molar-refractivity contribution in [1.82, 2.24) is 4.72 Å². The molecule has 8 heavy (non-hydrogen) atoms. The van der Waals surface area contributed by atoms with Crippen molar-refractivity contribution in [2.75, 3.05) is 0 Å². The maximum atomic E-state index is 7.85. The van der Waals surface area contributed by atoms with Crippen LogP contribution in [0.15, 0.2) is 0 Å². The van der Waals surface area contributed by atoms with Gasteiger partial charge in [-0.15, -0.1) is 0 Å². The summed E-state index contributed by atoms with van der Waals surface area (Å²) in [5.74, 6) is 0. The minimum absolute atomic E-state index is 0. The summed E-state index contributed by atoms with van der Waals surface area (Å²) < 4.78 is 2.36. The Morgan fingerprint density at radius 3 is 2.50 bits per heavy atom. The molecule has 0 unspecified atom stereocenters. The second-order valence-corrected chi connectivity index (χ2v) is 1.69. The van der Waals surface area contributed by atoms with Crippen LogP contribution in [-0.2, 0) is 0 Å². The summed E-state index contributed by atoms with van der Waals surface area (Å²) in [7, 11) is 0. The van der Waals surface area contributed by atoms with Gasteiger partial charge in [0, 0.05) is 0 Å². The molecular weight excluding hydrogens is 169 g/mol. The van der Waals surface area contributed by atoms with Crippen molar-refractivity contribution in [3.05, 3.63) is 0 Å². The van der Waals surface area contributed by atoms with Crippen LogP contribution < -0.4 is 10.5 Å². The monoisotopic (exact) mass is 173 g/mol. The Bertz CT molecular complexity index is 108. The second kappa shape index (κ2) is 8.17. The van der Waals surface area contributed by atoms with Gasteiger partial charge in [0.1, 0.15) is 0 Å². The third-order valence-electron chi connectivity index (χ3n) is 0.197. The van der Waals surface area contributed by atoms with Gasteiger partial charge >= 0.3 is 51.4 Å². The zero-order valence-corrected chi connectivity index (χ0v) is 4.97. The van der Waals surface area contributed by atoms with E-state index in [-0.39, 0.29) is 56.5 Å². The van der Waals surface area contributed by atoms with E-state index in [0.717, 1.165) is 11.9 Å². The Balaban J connectivity index is 0. The number of hydrogen-bond donors (Lipinski definition) is 2. The molecule has 0 amide bonds. The van der Waals surface area contributed by atoms with Crippen LogP contribution in [0.25, 0.3) is 0 Å². The van der Waals surface area contributed by atoms with Crippen LogP contribution in [0.2, 0.25) is 0 Å². The Hall–Kier alpha value is 1.17. The average molecular weight is 173 g/mol. The van der Waals surface area contributed by atoms with Gasteiger partial charge in [0.15, 0.2) is 10.5 Å². The summed E-state index contributed by atoms with van der Waals surface area (Å²) in [6.45, 7) is 0. The molecule has 0 radical (unpaired) electrons. The average Bonchev–Trinajstić information content (AvgIpc) is 1.61. The van der Waals surface area contributed by atoms with E-state index in [1.807, 2.05) is 0 Å². The number of thiocarbonyl (C=S) groups is 1. The standard InChI is InChI=1S/C2H3N3S2.K.H/c3-1-7-5-2(4)6;;/h(H3,4,5,6);;. The third kappa shape index (κ3) is 10.2. The van der Waals surface area contributed by atoms with E-state index in [0.29, 0.717) is 0 Å². The number of nitrogens with zero attached hydrogens (tertiary/aromatic N) is 1. The van der Waals surface area contributed by atoms with Crippen molar-refractivity contribution in [3.63, 3.8) is 0 Å². The first-order valence-electron chi connectivity index (χ1n) is 1.37. The molecule has 0 aromatic carbocycles. The second-order valence-electron chi connectivity index (χ2n) is 0.660. The Morgan fingerprint density at radius 1 is 1.88 bits per heavy atom. The molecule has 0 aliphatic rings. The maximum absolute atomic E-state index is 7.85. The van der Waals surface area contributed by atoms with Gasteiger partial charge in [0.05, 0.1) is 11.9 Å². The van der Waals surface area contributed by atoms with Crippen LogP contribution in [0.5, 0.6) is 0 Å². The van der Waals surface area contributed by atoms with Gasteiger partial charge in [-0.1, -0.05) is 0 Å². The summed E-state index contributed by atoms with van der Waals surface area (Å²) in [5, 5.41) is 9.72. The molecule has 6 heteroatoms. The molecular formula is C2H4KN3S2. The zero-order chi connectivity index (χ0) is 5.70. The van der Waals surface area contributed by atoms with Gasteiger partial charge in [-0.2, -0.15) is 5.26 Å². The quantitative estimate of drug-likeness (QED) is 0.238. The molecule has 0 aliphatic heterocycles. The van der Waals surface area contributed by atoms with Gasteiger partial charge in [0.25, 0.3) is 0 Å². The van der Waals surface area contributed by atoms with Crippen LogP contribution in [-0.4, -0.2) is 56.5 Å². The molecule has 0 fully saturated rings. The van der Waals surface area contributed by atoms with Crippen LogP contribution in [0, 0.1) is 10.7 Å². The van der Waals surface area contributed by atoms with Gasteiger partial charge in [0.2, 0.25) is 0 Å². The summed E-state index contributed by atoms with van der Waals surface area (Å²) in [5.41, 5.74) is 4.93. The van der Waals surface area contributed by atoms with Gasteiger partial charge in [-0.25, -0.2) is 0 Å². The van der Waals surface area contributed by atoms with Crippen molar-refractivity contribution >= 4 is 80.7 Å². The Morgan fingerprint density at radius 2 is 2.38 bits per heavy atom. The number of nitrogens with one attached hydrogen (secondary N) is 1. The first kappa shape index (κ1) is 11.9. The minimum atomic E-state index is 0. The fourth-order valence-electron chi connectivity index (χ4n) is 0.0731. The molecule has 40 valence electrons. The van der Waals surface area contributed by atoms with E-state index < -0.39 is 0 Å². The molecule has 0 aliphatic carbocycles. The van der Waals surface area contributed by atoms with Crippen LogP contribution in [0.1, 0.15) is 0 Å². The Kier molecular flexibility index (Phi) is 12.2. The van der Waals surface area contributed by atoms with E-state index in [1.54, 1.807) is 5.40 Å². The zero-order valence-electron chi connectivity index (χ0n) is 3.34. The van der Waals surface area contributed by atoms with Gasteiger partial charge in [-0.3, -0.25) is 4.72 Å². The number of hydrogen-bond acceptors (Lipinski definition) is 3. The van der Waals surface area contributed by atoms with Crippen molar-refractivity contribution in [1.29, 1.82) is 5.26 Å². The number of nitrogens with two attached hydrogens (primary N) is 1. The summed E-state index contributed by atoms with van der Waals surface area (Å²) in [4.78, 5) is 0. The summed E-state index contributed by atoms with van der Waals surface area (Å²) >= 11 is 5.16. The van der Waals surface area contributed by atoms with Crippen molar-refractivity contribution in [2.45, 2.75) is 0 Å². The summed E-state index contributed by atoms with van der Waals surface area (Å²) in [6.07, 6.45) is 0. The fraction of sp³-hybridized carbons (Fsp3) is 0. The van der Waals surface area contributed by atoms with Crippen molar-refractivity contribution in [3.8, 4) is 5.40 Å². The Labute approximate surface area is 99.9 Å². The van der Waals surface area contributed by atoms with E-state index in [2.05, 4.69) is 16.9 Å². The molecule has 0 rings (SSSR count). The first-order valence-corrected chi connectivity index (χ1v) is 2.60. The van der Waals surface area contributed by atoms with Gasteiger partial charge < -0.3 is 5.73 Å².